The Bertz CT molecular complexity index is 174. The molecule has 0 aromatic rings. The molecule has 0 aliphatic carbocycles. The summed E-state index contributed by atoms with van der Waals surface area (Å²) in [6.07, 6.45) is 3.65. The van der Waals surface area contributed by atoms with Crippen LogP contribution in [0.15, 0.2) is 23.6 Å². The molecule has 1 heterocycles. The second-order valence-corrected chi connectivity index (χ2v) is 7.41. The maximum Gasteiger partial charge on any atom is 0.476 e. The Hall–Kier alpha value is 0.0769. The van der Waals surface area contributed by atoms with Gasteiger partial charge in [0.2, 0.25) is 0 Å². The fraction of sp³-hybridized carbons (Fsp3) is 0.200. The third-order valence-corrected chi connectivity index (χ3v) is 3.31. The predicted molar refractivity (Wildman–Crippen MR) is 41.4 cm³/mol. The van der Waals surface area contributed by atoms with Crippen LogP contribution in [0.2, 0.25) is 0 Å². The van der Waals surface area contributed by atoms with E-state index in [2.05, 4.69) is 0 Å². The van der Waals surface area contributed by atoms with Gasteiger partial charge in [-0.15, -0.1) is 0 Å². The van der Waals surface area contributed by atoms with Crippen LogP contribution in [0, 0.1) is 0 Å². The monoisotopic (exact) mass is 180 g/mol. The molecule has 0 atom stereocenters. The maximum absolute atomic E-state index is 5.72. The van der Waals surface area contributed by atoms with E-state index >= 15 is 0 Å². The van der Waals surface area contributed by atoms with Crippen molar-refractivity contribution < 1.29 is 4.43 Å². The molecule has 4 heteroatoms. The van der Waals surface area contributed by atoms with Crippen molar-refractivity contribution in [1.29, 1.82) is 0 Å². The van der Waals surface area contributed by atoms with Gasteiger partial charge in [-0.2, -0.15) is 0 Å². The van der Waals surface area contributed by atoms with Gasteiger partial charge in [0.05, 0.1) is 5.76 Å². The van der Waals surface area contributed by atoms with Crippen LogP contribution in [-0.2, 0) is 4.43 Å². The quantitative estimate of drug-likeness (QED) is 0.412. The van der Waals surface area contributed by atoms with Gasteiger partial charge in [-0.05, 0) is 18.7 Å². The molecule has 0 radical (unpaired) electrons. The third-order valence-electron chi connectivity index (χ3n) is 0.918. The van der Waals surface area contributed by atoms with Gasteiger partial charge in [0.25, 0.3) is 0 Å². The molecule has 50 valence electrons. The second kappa shape index (κ2) is 2.37. The Labute approximate surface area is 64.4 Å². The van der Waals surface area contributed by atoms with Crippen LogP contribution in [-0.4, -0.2) is 6.94 Å². The van der Waals surface area contributed by atoms with Gasteiger partial charge in [-0.1, -0.05) is 28.2 Å². The normalized spacial score (nSPS) is 22.8. The van der Waals surface area contributed by atoms with E-state index in [1.807, 2.05) is 19.1 Å². The molecule has 1 aliphatic rings. The predicted octanol–water partition coefficient (Wildman–Crippen LogP) is 2.43. The molecule has 0 N–H and O–H groups in total. The topological polar surface area (TPSA) is 9.23 Å². The van der Waals surface area contributed by atoms with Crippen molar-refractivity contribution in [2.45, 2.75) is 6.92 Å². The van der Waals surface area contributed by atoms with Crippen molar-refractivity contribution in [3.63, 3.8) is 0 Å². The lowest BCUT2D eigenvalue weighted by molar-refractivity contribution is 0.447. The molecular formula is C5H6Cl2OSi. The zero-order valence-electron chi connectivity index (χ0n) is 4.90. The first-order chi connectivity index (χ1) is 4.10. The first-order valence-electron chi connectivity index (χ1n) is 2.53. The van der Waals surface area contributed by atoms with E-state index in [4.69, 9.17) is 26.6 Å². The highest BCUT2D eigenvalue weighted by atomic mass is 35.7. The van der Waals surface area contributed by atoms with Crippen LogP contribution in [0.3, 0.4) is 0 Å². The molecule has 0 unspecified atom stereocenters. The minimum Gasteiger partial charge on any atom is -0.520 e. The summed E-state index contributed by atoms with van der Waals surface area (Å²) in [4.78, 5) is 0. The molecule has 0 aromatic heterocycles. The van der Waals surface area contributed by atoms with Gasteiger partial charge in [-0.25, -0.2) is 0 Å². The van der Waals surface area contributed by atoms with E-state index < -0.39 is 6.94 Å². The van der Waals surface area contributed by atoms with Gasteiger partial charge < -0.3 is 4.43 Å². The van der Waals surface area contributed by atoms with Crippen LogP contribution in [0.25, 0.3) is 0 Å². The van der Waals surface area contributed by atoms with Gasteiger partial charge in [0.15, 0.2) is 0 Å². The zero-order valence-corrected chi connectivity index (χ0v) is 7.41. The SMILES string of the molecule is CC1=CC=C[Si](Cl)(Cl)O1. The molecule has 9 heavy (non-hydrogen) atoms. The molecule has 1 nitrogen and oxygen atoms in total. The third kappa shape index (κ3) is 2.05. The van der Waals surface area contributed by atoms with E-state index in [-0.39, 0.29) is 0 Å². The van der Waals surface area contributed by atoms with Gasteiger partial charge in [0.1, 0.15) is 0 Å². The van der Waals surface area contributed by atoms with Crippen LogP contribution in [0.5, 0.6) is 0 Å². The Morgan fingerprint density at radius 3 is 2.56 bits per heavy atom. The summed E-state index contributed by atoms with van der Waals surface area (Å²) in [5, 5.41) is 0. The Balaban J connectivity index is 2.73. The van der Waals surface area contributed by atoms with Gasteiger partial charge in [-0.3, -0.25) is 0 Å². The molecule has 0 bridgehead atoms. The number of hydrogen-bond acceptors (Lipinski definition) is 1. The van der Waals surface area contributed by atoms with Crippen LogP contribution >= 0.6 is 22.2 Å². The van der Waals surface area contributed by atoms with Gasteiger partial charge in [0, 0.05) is 0 Å². The molecule has 0 aromatic carbocycles. The summed E-state index contributed by atoms with van der Waals surface area (Å²) in [6.45, 7) is -0.629. The lowest BCUT2D eigenvalue weighted by Gasteiger charge is -2.17. The molecular weight excluding hydrogens is 175 g/mol. The Morgan fingerprint density at radius 2 is 2.22 bits per heavy atom. The fourth-order valence-corrected chi connectivity index (χ4v) is 2.63. The summed E-state index contributed by atoms with van der Waals surface area (Å²) in [6, 6.07) is 0. The van der Waals surface area contributed by atoms with E-state index in [0.717, 1.165) is 5.76 Å². The van der Waals surface area contributed by atoms with E-state index in [1.165, 1.54) is 0 Å². The van der Waals surface area contributed by atoms with Gasteiger partial charge >= 0.3 is 6.94 Å². The minimum absolute atomic E-state index is 0.786. The molecule has 0 amide bonds. The Kier molecular flexibility index (Phi) is 1.89. The highest BCUT2D eigenvalue weighted by molar-refractivity contribution is 7.44. The first kappa shape index (κ1) is 7.19. The maximum atomic E-state index is 5.72. The fourth-order valence-electron chi connectivity index (χ4n) is 0.578. The van der Waals surface area contributed by atoms with Crippen molar-refractivity contribution in [2.75, 3.05) is 0 Å². The molecule has 1 rings (SSSR count). The molecule has 0 spiro atoms. The summed E-state index contributed by atoms with van der Waals surface area (Å²) in [7, 11) is 0. The lowest BCUT2D eigenvalue weighted by Crippen LogP contribution is -2.22. The zero-order chi connectivity index (χ0) is 6.91. The minimum atomic E-state index is -2.46. The van der Waals surface area contributed by atoms with Crippen LogP contribution < -0.4 is 0 Å². The molecule has 0 saturated heterocycles. The molecule has 0 fully saturated rings. The number of rotatable bonds is 0. The van der Waals surface area contributed by atoms with Crippen LogP contribution in [0.1, 0.15) is 6.92 Å². The second-order valence-electron chi connectivity index (χ2n) is 1.80. The van der Waals surface area contributed by atoms with Crippen molar-refractivity contribution in [2.24, 2.45) is 0 Å². The number of halogens is 2. The smallest absolute Gasteiger partial charge is 0.476 e. The standard InChI is InChI=1S/C5H6Cl2OSi/c1-5-3-2-4-9(6,7)8-5/h2-4H,1H3. The van der Waals surface area contributed by atoms with E-state index in [1.54, 1.807) is 5.70 Å². The highest BCUT2D eigenvalue weighted by Gasteiger charge is 2.30. The van der Waals surface area contributed by atoms with E-state index in [9.17, 15) is 0 Å². The summed E-state index contributed by atoms with van der Waals surface area (Å²) in [5.74, 6) is 0.786. The average molecular weight is 181 g/mol. The summed E-state index contributed by atoms with van der Waals surface area (Å²) >= 11 is 11.4. The van der Waals surface area contributed by atoms with Crippen LogP contribution in [0.4, 0.5) is 0 Å². The van der Waals surface area contributed by atoms with E-state index in [0.29, 0.717) is 0 Å². The summed E-state index contributed by atoms with van der Waals surface area (Å²) in [5.41, 5.74) is 1.71. The first-order valence-corrected chi connectivity index (χ1v) is 6.54. The average Bonchev–Trinajstić information content (AvgIpc) is 1.60. The molecule has 0 saturated carbocycles. The largest absolute Gasteiger partial charge is 0.520 e. The van der Waals surface area contributed by atoms with Crippen molar-refractivity contribution in [1.82, 2.24) is 0 Å². The highest BCUT2D eigenvalue weighted by Crippen LogP contribution is 2.24. The Morgan fingerprint density at radius 1 is 1.56 bits per heavy atom. The molecule has 1 aliphatic heterocycles. The number of allylic oxidation sites excluding steroid dienone is 3. The lowest BCUT2D eigenvalue weighted by atomic mass is 10.5. The van der Waals surface area contributed by atoms with Crippen molar-refractivity contribution >= 4 is 29.1 Å². The van der Waals surface area contributed by atoms with Crippen molar-refractivity contribution in [3.8, 4) is 0 Å². The summed E-state index contributed by atoms with van der Waals surface area (Å²) < 4.78 is 5.12. The van der Waals surface area contributed by atoms with Crippen molar-refractivity contribution in [3.05, 3.63) is 23.6 Å². The number of hydrogen-bond donors (Lipinski definition) is 0.